The Balaban J connectivity index is 2.40. The van der Waals surface area contributed by atoms with Gasteiger partial charge in [0.15, 0.2) is 0 Å². The molecular weight excluding hydrogens is 411 g/mol. The van der Waals surface area contributed by atoms with Crippen LogP contribution in [0.1, 0.15) is 59.3 Å². The molecular formula is C22H34N2Sn. The van der Waals surface area contributed by atoms with Crippen LogP contribution in [0.5, 0.6) is 0 Å². The fourth-order valence-electron chi connectivity index (χ4n) is 3.76. The van der Waals surface area contributed by atoms with Gasteiger partial charge >= 0.3 is 159 Å². The molecule has 2 rings (SSSR count). The zero-order valence-corrected chi connectivity index (χ0v) is 19.2. The van der Waals surface area contributed by atoms with Crippen molar-refractivity contribution >= 4 is 22.0 Å². The van der Waals surface area contributed by atoms with Gasteiger partial charge in [0.25, 0.3) is 0 Å². The van der Waals surface area contributed by atoms with Gasteiger partial charge in [-0.1, -0.05) is 0 Å². The Morgan fingerprint density at radius 3 is 1.88 bits per heavy atom. The van der Waals surface area contributed by atoms with Gasteiger partial charge in [-0.2, -0.15) is 0 Å². The summed E-state index contributed by atoms with van der Waals surface area (Å²) < 4.78 is 6.04. The molecule has 0 unspecified atom stereocenters. The van der Waals surface area contributed by atoms with Crippen LogP contribution in [0.25, 0.3) is 11.3 Å². The van der Waals surface area contributed by atoms with Gasteiger partial charge in [0.1, 0.15) is 0 Å². The van der Waals surface area contributed by atoms with Gasteiger partial charge in [-0.3, -0.25) is 0 Å². The summed E-state index contributed by atoms with van der Waals surface area (Å²) in [5, 5.41) is 8.90. The first-order chi connectivity index (χ1) is 12.3. The summed E-state index contributed by atoms with van der Waals surface area (Å²) in [5.74, 6) is 0. The van der Waals surface area contributed by atoms with Crippen molar-refractivity contribution in [1.29, 1.82) is 0 Å². The second-order valence-corrected chi connectivity index (χ2v) is 20.5. The third kappa shape index (κ3) is 5.80. The van der Waals surface area contributed by atoms with E-state index in [1.807, 2.05) is 0 Å². The standard InChI is InChI=1S/C10H7N2.3C4H9.Sn/c1-2-5-9(6-3-1)10-7-4-8-11-12-10;3*1-3-4-2;/h1-3,5-8H;3*1,3-4H2,2H3;. The van der Waals surface area contributed by atoms with Crippen molar-refractivity contribution in [2.45, 2.75) is 72.6 Å². The molecule has 0 aliphatic heterocycles. The van der Waals surface area contributed by atoms with E-state index in [9.17, 15) is 0 Å². The van der Waals surface area contributed by atoms with Crippen molar-refractivity contribution < 1.29 is 0 Å². The molecule has 3 heteroatoms. The van der Waals surface area contributed by atoms with E-state index in [2.05, 4.69) is 73.6 Å². The molecule has 136 valence electrons. The number of hydrogen-bond donors (Lipinski definition) is 0. The van der Waals surface area contributed by atoms with Crippen molar-refractivity contribution in [1.82, 2.24) is 10.2 Å². The SMILES string of the molecule is CCC[CH2][Sn]([CH2]CCC)([CH2]CCC)[c]1cnnc(-c2ccccc2)c1. The van der Waals surface area contributed by atoms with E-state index in [1.54, 1.807) is 3.58 Å². The first-order valence-electron chi connectivity index (χ1n) is 10.1. The normalized spacial score (nSPS) is 11.6. The molecule has 0 bridgehead atoms. The Bertz CT molecular complexity index is 591. The molecule has 0 N–H and O–H groups in total. The van der Waals surface area contributed by atoms with Crippen molar-refractivity contribution in [3.8, 4) is 11.3 Å². The van der Waals surface area contributed by atoms with E-state index in [1.165, 1.54) is 57.4 Å². The predicted octanol–water partition coefficient (Wildman–Crippen LogP) is 6.20. The number of unbranched alkanes of at least 4 members (excludes halogenated alkanes) is 3. The molecule has 0 saturated heterocycles. The van der Waals surface area contributed by atoms with Crippen molar-refractivity contribution in [3.63, 3.8) is 0 Å². The summed E-state index contributed by atoms with van der Waals surface area (Å²) in [4.78, 5) is 0. The van der Waals surface area contributed by atoms with Gasteiger partial charge in [-0.15, -0.1) is 0 Å². The van der Waals surface area contributed by atoms with Crippen molar-refractivity contribution in [2.75, 3.05) is 0 Å². The Hall–Kier alpha value is -0.901. The van der Waals surface area contributed by atoms with Crippen LogP contribution in [0.2, 0.25) is 13.3 Å². The zero-order chi connectivity index (χ0) is 18.0. The fourth-order valence-corrected chi connectivity index (χ4v) is 19.4. The molecule has 25 heavy (non-hydrogen) atoms. The average Bonchev–Trinajstić information content (AvgIpc) is 2.68. The van der Waals surface area contributed by atoms with Crippen molar-refractivity contribution in [2.24, 2.45) is 0 Å². The van der Waals surface area contributed by atoms with E-state index in [0.29, 0.717) is 0 Å². The van der Waals surface area contributed by atoms with Crippen molar-refractivity contribution in [3.05, 3.63) is 42.6 Å². The molecule has 1 heterocycles. The van der Waals surface area contributed by atoms with Crippen LogP contribution < -0.4 is 3.58 Å². The van der Waals surface area contributed by atoms with E-state index in [0.717, 1.165) is 5.69 Å². The number of aromatic nitrogens is 2. The van der Waals surface area contributed by atoms with Gasteiger partial charge in [0, 0.05) is 0 Å². The number of nitrogens with zero attached hydrogens (tertiary/aromatic N) is 2. The molecule has 0 aliphatic rings. The molecule has 0 radical (unpaired) electrons. The van der Waals surface area contributed by atoms with Crippen LogP contribution in [0, 0.1) is 0 Å². The second-order valence-electron chi connectivity index (χ2n) is 7.29. The molecule has 0 fully saturated rings. The van der Waals surface area contributed by atoms with Crippen LogP contribution in [-0.2, 0) is 0 Å². The predicted molar refractivity (Wildman–Crippen MR) is 112 cm³/mol. The molecule has 0 atom stereocenters. The summed E-state index contributed by atoms with van der Waals surface area (Å²) in [6, 6.07) is 12.9. The molecule has 0 aliphatic carbocycles. The topological polar surface area (TPSA) is 25.8 Å². The first kappa shape index (κ1) is 20.4. The third-order valence-corrected chi connectivity index (χ3v) is 20.9. The van der Waals surface area contributed by atoms with E-state index in [4.69, 9.17) is 0 Å². The van der Waals surface area contributed by atoms with Crippen LogP contribution in [0.15, 0.2) is 42.6 Å². The maximum absolute atomic E-state index is 4.45. The van der Waals surface area contributed by atoms with Gasteiger partial charge in [0.2, 0.25) is 0 Å². The zero-order valence-electron chi connectivity index (χ0n) is 16.3. The summed E-state index contributed by atoms with van der Waals surface area (Å²) >= 11 is -2.41. The summed E-state index contributed by atoms with van der Waals surface area (Å²) in [7, 11) is 0. The quantitative estimate of drug-likeness (QED) is 0.385. The van der Waals surface area contributed by atoms with E-state index >= 15 is 0 Å². The molecule has 1 aromatic heterocycles. The van der Waals surface area contributed by atoms with E-state index in [-0.39, 0.29) is 0 Å². The molecule has 2 nitrogen and oxygen atoms in total. The Kier molecular flexibility index (Phi) is 8.94. The molecule has 1 aromatic carbocycles. The number of rotatable bonds is 11. The monoisotopic (exact) mass is 446 g/mol. The Morgan fingerprint density at radius 1 is 0.800 bits per heavy atom. The summed E-state index contributed by atoms with van der Waals surface area (Å²) in [6.07, 6.45) is 10.2. The third-order valence-electron chi connectivity index (χ3n) is 5.36. The van der Waals surface area contributed by atoms with Gasteiger partial charge in [0.05, 0.1) is 0 Å². The van der Waals surface area contributed by atoms with E-state index < -0.39 is 18.4 Å². The first-order valence-corrected chi connectivity index (χ1v) is 17.6. The Labute approximate surface area is 158 Å². The van der Waals surface area contributed by atoms with Crippen LogP contribution in [0.4, 0.5) is 0 Å². The minimum atomic E-state index is -2.41. The van der Waals surface area contributed by atoms with Crippen LogP contribution >= 0.6 is 0 Å². The summed E-state index contributed by atoms with van der Waals surface area (Å²) in [6.45, 7) is 6.99. The van der Waals surface area contributed by atoms with Gasteiger partial charge in [-0.25, -0.2) is 0 Å². The molecule has 0 amide bonds. The van der Waals surface area contributed by atoms with Crippen LogP contribution in [-0.4, -0.2) is 28.6 Å². The Morgan fingerprint density at radius 2 is 1.36 bits per heavy atom. The van der Waals surface area contributed by atoms with Gasteiger partial charge in [-0.05, 0) is 0 Å². The number of hydrogen-bond acceptors (Lipinski definition) is 2. The molecule has 0 spiro atoms. The second kappa shape index (κ2) is 10.9. The fraction of sp³-hybridized carbons (Fsp3) is 0.545. The average molecular weight is 445 g/mol. The molecule has 0 saturated carbocycles. The maximum atomic E-state index is 4.45. The van der Waals surface area contributed by atoms with Crippen LogP contribution in [0.3, 0.4) is 0 Å². The number of benzene rings is 1. The van der Waals surface area contributed by atoms with Gasteiger partial charge < -0.3 is 0 Å². The summed E-state index contributed by atoms with van der Waals surface area (Å²) in [5.41, 5.74) is 2.25. The minimum absolute atomic E-state index is 1.06. The molecule has 2 aromatic rings.